The van der Waals surface area contributed by atoms with Crippen LogP contribution in [0.15, 0.2) is 12.1 Å². The highest BCUT2D eigenvalue weighted by Gasteiger charge is 2.14. The second-order valence-corrected chi connectivity index (χ2v) is 6.03. The normalized spacial score (nSPS) is 11.9. The highest BCUT2D eigenvalue weighted by molar-refractivity contribution is 7.90. The van der Waals surface area contributed by atoms with E-state index in [4.69, 9.17) is 0 Å². The Morgan fingerprint density at radius 1 is 1.00 bits per heavy atom. The molecule has 1 aromatic carbocycles. The van der Waals surface area contributed by atoms with Crippen molar-refractivity contribution >= 4 is 15.9 Å². The first kappa shape index (κ1) is 13.0. The van der Waals surface area contributed by atoms with Crippen LogP contribution in [0.3, 0.4) is 0 Å². The minimum absolute atomic E-state index is 0.636. The number of hydrogen-bond donors (Lipinski definition) is 1. The van der Waals surface area contributed by atoms with Crippen LogP contribution in [0.5, 0.6) is 0 Å². The molecule has 0 saturated heterocycles. The third kappa shape index (κ3) is 2.74. The summed E-state index contributed by atoms with van der Waals surface area (Å²) >= 11 is 0. The van der Waals surface area contributed by atoms with E-state index >= 15 is 0 Å². The molecule has 1 N–H and O–H groups in total. The van der Waals surface area contributed by atoms with Gasteiger partial charge in [0, 0.05) is 14.1 Å². The molecule has 0 spiro atoms. The number of nitrogens with zero attached hydrogens (tertiary/aromatic N) is 1. The minimum atomic E-state index is -3.42. The number of hydrogen-bond acceptors (Lipinski definition) is 2. The van der Waals surface area contributed by atoms with Crippen LogP contribution in [-0.2, 0) is 10.2 Å². The van der Waals surface area contributed by atoms with Gasteiger partial charge in [-0.2, -0.15) is 12.7 Å². The van der Waals surface area contributed by atoms with Crippen molar-refractivity contribution in [2.75, 3.05) is 18.8 Å². The van der Waals surface area contributed by atoms with Crippen LogP contribution in [0.25, 0.3) is 0 Å². The van der Waals surface area contributed by atoms with Gasteiger partial charge in [0.1, 0.15) is 0 Å². The second-order valence-electron chi connectivity index (χ2n) is 4.14. The number of rotatable bonds is 3. The van der Waals surface area contributed by atoms with Crippen LogP contribution in [0.1, 0.15) is 16.7 Å². The topological polar surface area (TPSA) is 49.4 Å². The summed E-state index contributed by atoms with van der Waals surface area (Å²) in [6.07, 6.45) is 0. The molecular weight excluding hydrogens is 224 g/mol. The molecule has 0 amide bonds. The van der Waals surface area contributed by atoms with Gasteiger partial charge in [-0.05, 0) is 43.5 Å². The molecule has 4 nitrogen and oxygen atoms in total. The average molecular weight is 242 g/mol. The number of aryl methyl sites for hydroxylation is 3. The van der Waals surface area contributed by atoms with E-state index in [0.717, 1.165) is 21.0 Å². The van der Waals surface area contributed by atoms with Crippen molar-refractivity contribution in [3.8, 4) is 0 Å². The predicted octanol–water partition coefficient (Wildman–Crippen LogP) is 1.83. The van der Waals surface area contributed by atoms with Gasteiger partial charge in [-0.3, -0.25) is 4.72 Å². The summed E-state index contributed by atoms with van der Waals surface area (Å²) in [6, 6.07) is 3.83. The SMILES string of the molecule is Cc1cc(C)c(NS(=O)(=O)N(C)C)cc1C. The van der Waals surface area contributed by atoms with Gasteiger partial charge < -0.3 is 0 Å². The van der Waals surface area contributed by atoms with Crippen molar-refractivity contribution in [1.29, 1.82) is 0 Å². The molecule has 0 bridgehead atoms. The van der Waals surface area contributed by atoms with E-state index in [1.54, 1.807) is 0 Å². The molecule has 0 fully saturated rings. The van der Waals surface area contributed by atoms with Crippen molar-refractivity contribution in [3.63, 3.8) is 0 Å². The van der Waals surface area contributed by atoms with Gasteiger partial charge >= 0.3 is 10.2 Å². The Morgan fingerprint density at radius 2 is 1.50 bits per heavy atom. The van der Waals surface area contributed by atoms with Crippen molar-refractivity contribution in [1.82, 2.24) is 4.31 Å². The largest absolute Gasteiger partial charge is 0.301 e. The molecule has 0 atom stereocenters. The molecular formula is C11H18N2O2S. The number of anilines is 1. The van der Waals surface area contributed by atoms with Crippen LogP contribution in [0.4, 0.5) is 5.69 Å². The average Bonchev–Trinajstić information content (AvgIpc) is 2.13. The summed E-state index contributed by atoms with van der Waals surface area (Å²) in [6.45, 7) is 5.86. The fourth-order valence-electron chi connectivity index (χ4n) is 1.30. The minimum Gasteiger partial charge on any atom is -0.271 e. The Morgan fingerprint density at radius 3 is 2.00 bits per heavy atom. The van der Waals surface area contributed by atoms with E-state index in [2.05, 4.69) is 4.72 Å². The quantitative estimate of drug-likeness (QED) is 0.879. The van der Waals surface area contributed by atoms with Crippen LogP contribution in [-0.4, -0.2) is 26.8 Å². The third-order valence-corrected chi connectivity index (χ3v) is 4.00. The van der Waals surface area contributed by atoms with Crippen LogP contribution in [0.2, 0.25) is 0 Å². The maximum Gasteiger partial charge on any atom is 0.301 e. The van der Waals surface area contributed by atoms with Gasteiger partial charge in [-0.15, -0.1) is 0 Å². The summed E-state index contributed by atoms with van der Waals surface area (Å²) in [7, 11) is -0.423. The second kappa shape index (κ2) is 4.43. The van der Waals surface area contributed by atoms with Gasteiger partial charge in [0.2, 0.25) is 0 Å². The smallest absolute Gasteiger partial charge is 0.271 e. The zero-order valence-corrected chi connectivity index (χ0v) is 11.1. The lowest BCUT2D eigenvalue weighted by Crippen LogP contribution is -2.29. The van der Waals surface area contributed by atoms with Gasteiger partial charge in [-0.1, -0.05) is 6.07 Å². The maximum absolute atomic E-state index is 11.7. The first-order valence-corrected chi connectivity index (χ1v) is 6.46. The summed E-state index contributed by atoms with van der Waals surface area (Å²) in [5, 5.41) is 0. The summed E-state index contributed by atoms with van der Waals surface area (Å²) in [5.74, 6) is 0. The van der Waals surface area contributed by atoms with E-state index in [1.807, 2.05) is 32.9 Å². The lowest BCUT2D eigenvalue weighted by Gasteiger charge is -2.16. The van der Waals surface area contributed by atoms with E-state index in [-0.39, 0.29) is 0 Å². The van der Waals surface area contributed by atoms with E-state index in [9.17, 15) is 8.42 Å². The van der Waals surface area contributed by atoms with Gasteiger partial charge in [0.25, 0.3) is 0 Å². The predicted molar refractivity (Wildman–Crippen MR) is 66.9 cm³/mol. The molecule has 1 rings (SSSR count). The number of benzene rings is 1. The van der Waals surface area contributed by atoms with E-state index in [0.29, 0.717) is 5.69 Å². The Hall–Kier alpha value is -1.07. The highest BCUT2D eigenvalue weighted by atomic mass is 32.2. The fraction of sp³-hybridized carbons (Fsp3) is 0.455. The molecule has 0 aromatic heterocycles. The van der Waals surface area contributed by atoms with E-state index in [1.165, 1.54) is 14.1 Å². The Balaban J connectivity index is 3.13. The summed E-state index contributed by atoms with van der Waals surface area (Å²) in [4.78, 5) is 0. The highest BCUT2D eigenvalue weighted by Crippen LogP contribution is 2.21. The standard InChI is InChI=1S/C11H18N2O2S/c1-8-6-10(3)11(7-9(8)2)12-16(14,15)13(4)5/h6-7,12H,1-5H3. The molecule has 0 aliphatic rings. The van der Waals surface area contributed by atoms with Crippen LogP contribution in [0, 0.1) is 20.8 Å². The fourth-order valence-corrected chi connectivity index (χ4v) is 1.98. The molecule has 90 valence electrons. The van der Waals surface area contributed by atoms with Gasteiger partial charge in [0.15, 0.2) is 0 Å². The van der Waals surface area contributed by atoms with Crippen molar-refractivity contribution in [2.24, 2.45) is 0 Å². The van der Waals surface area contributed by atoms with Crippen molar-refractivity contribution in [2.45, 2.75) is 20.8 Å². The lowest BCUT2D eigenvalue weighted by atomic mass is 10.1. The summed E-state index contributed by atoms with van der Waals surface area (Å²) in [5.41, 5.74) is 3.79. The van der Waals surface area contributed by atoms with Gasteiger partial charge in [-0.25, -0.2) is 0 Å². The van der Waals surface area contributed by atoms with Crippen molar-refractivity contribution in [3.05, 3.63) is 28.8 Å². The Labute approximate surface area is 97.5 Å². The molecule has 16 heavy (non-hydrogen) atoms. The number of nitrogens with one attached hydrogen (secondary N) is 1. The van der Waals surface area contributed by atoms with E-state index < -0.39 is 10.2 Å². The van der Waals surface area contributed by atoms with Crippen molar-refractivity contribution < 1.29 is 8.42 Å². The first-order chi connectivity index (χ1) is 7.24. The Bertz CT molecular complexity index is 493. The zero-order chi connectivity index (χ0) is 12.5. The summed E-state index contributed by atoms with van der Waals surface area (Å²) < 4.78 is 27.0. The Kier molecular flexibility index (Phi) is 3.60. The molecule has 0 radical (unpaired) electrons. The molecule has 0 saturated carbocycles. The molecule has 0 aliphatic carbocycles. The molecule has 5 heteroatoms. The van der Waals surface area contributed by atoms with Gasteiger partial charge in [0.05, 0.1) is 5.69 Å². The zero-order valence-electron chi connectivity index (χ0n) is 10.3. The van der Waals surface area contributed by atoms with Crippen LogP contribution < -0.4 is 4.72 Å². The molecule has 1 aromatic rings. The first-order valence-electron chi connectivity index (χ1n) is 5.02. The monoisotopic (exact) mass is 242 g/mol. The van der Waals surface area contributed by atoms with Crippen LogP contribution >= 0.6 is 0 Å². The molecule has 0 aliphatic heterocycles. The molecule has 0 heterocycles. The lowest BCUT2D eigenvalue weighted by molar-refractivity contribution is 0.527. The maximum atomic E-state index is 11.7. The third-order valence-electron chi connectivity index (χ3n) is 2.56. The molecule has 0 unspecified atom stereocenters.